The van der Waals surface area contributed by atoms with Gasteiger partial charge in [0.2, 0.25) is 0 Å². The van der Waals surface area contributed by atoms with E-state index in [2.05, 4.69) is 51.8 Å². The van der Waals surface area contributed by atoms with Crippen molar-refractivity contribution in [1.82, 2.24) is 4.90 Å². The van der Waals surface area contributed by atoms with E-state index < -0.39 is 0 Å². The minimum atomic E-state index is 0.0621. The summed E-state index contributed by atoms with van der Waals surface area (Å²) < 4.78 is 0. The van der Waals surface area contributed by atoms with Crippen LogP contribution in [0, 0.1) is 0 Å². The Morgan fingerprint density at radius 2 is 1.76 bits per heavy atom. The number of hydrogen-bond acceptors (Lipinski definition) is 2. The lowest BCUT2D eigenvalue weighted by Gasteiger charge is -2.41. The number of benzene rings is 1. The van der Waals surface area contributed by atoms with Crippen molar-refractivity contribution in [3.8, 4) is 0 Å². The quantitative estimate of drug-likeness (QED) is 0.847. The molecule has 0 radical (unpaired) electrons. The van der Waals surface area contributed by atoms with Crippen LogP contribution in [0.15, 0.2) is 30.3 Å². The fourth-order valence-corrected chi connectivity index (χ4v) is 2.00. The zero-order valence-corrected chi connectivity index (χ0v) is 11.8. The van der Waals surface area contributed by atoms with E-state index in [-0.39, 0.29) is 11.6 Å². The molecule has 0 heterocycles. The highest BCUT2D eigenvalue weighted by Gasteiger charge is 2.29. The molecule has 2 unspecified atom stereocenters. The molecule has 1 rings (SSSR count). The summed E-state index contributed by atoms with van der Waals surface area (Å²) in [5.41, 5.74) is 7.74. The van der Waals surface area contributed by atoms with Crippen molar-refractivity contribution in [3.63, 3.8) is 0 Å². The van der Waals surface area contributed by atoms with Gasteiger partial charge < -0.3 is 5.73 Å². The van der Waals surface area contributed by atoms with Gasteiger partial charge in [0, 0.05) is 17.6 Å². The first-order valence-corrected chi connectivity index (χ1v) is 6.43. The van der Waals surface area contributed by atoms with Gasteiger partial charge in [0.1, 0.15) is 0 Å². The summed E-state index contributed by atoms with van der Waals surface area (Å²) in [4.78, 5) is 2.38. The van der Waals surface area contributed by atoms with Crippen molar-refractivity contribution in [2.24, 2.45) is 5.73 Å². The van der Waals surface area contributed by atoms with Crippen molar-refractivity contribution in [3.05, 3.63) is 35.9 Å². The van der Waals surface area contributed by atoms with Crippen LogP contribution in [0.25, 0.3) is 0 Å². The predicted octanol–water partition coefficient (Wildman–Crippen LogP) is 3.20. The molecule has 0 saturated carbocycles. The highest BCUT2D eigenvalue weighted by atomic mass is 15.2. The zero-order valence-electron chi connectivity index (χ0n) is 11.8. The van der Waals surface area contributed by atoms with Crippen LogP contribution >= 0.6 is 0 Å². The van der Waals surface area contributed by atoms with Gasteiger partial charge in [-0.25, -0.2) is 0 Å². The molecular formula is C15H26N2. The molecule has 2 heteroatoms. The Hall–Kier alpha value is -0.860. The molecule has 2 atom stereocenters. The molecule has 0 bridgehead atoms. The zero-order chi connectivity index (χ0) is 13.1. The molecule has 0 aliphatic rings. The number of nitrogens with two attached hydrogens (primary N) is 1. The van der Waals surface area contributed by atoms with Crippen LogP contribution in [0.4, 0.5) is 0 Å². The summed E-state index contributed by atoms with van der Waals surface area (Å²) >= 11 is 0. The lowest BCUT2D eigenvalue weighted by molar-refractivity contribution is 0.0915. The monoisotopic (exact) mass is 234 g/mol. The third-order valence-corrected chi connectivity index (χ3v) is 4.14. The van der Waals surface area contributed by atoms with Crippen LogP contribution in [0.3, 0.4) is 0 Å². The van der Waals surface area contributed by atoms with Crippen molar-refractivity contribution >= 4 is 0 Å². The van der Waals surface area contributed by atoms with Gasteiger partial charge in [0.25, 0.3) is 0 Å². The summed E-state index contributed by atoms with van der Waals surface area (Å²) in [7, 11) is 2.16. The Morgan fingerprint density at radius 3 is 2.24 bits per heavy atom. The Labute approximate surface area is 106 Å². The normalized spacial score (nSPS) is 15.9. The average Bonchev–Trinajstić information content (AvgIpc) is 2.37. The third-order valence-electron chi connectivity index (χ3n) is 4.14. The van der Waals surface area contributed by atoms with Gasteiger partial charge in [-0.2, -0.15) is 0 Å². The molecule has 1 aromatic carbocycles. The van der Waals surface area contributed by atoms with Crippen molar-refractivity contribution in [1.29, 1.82) is 0 Å². The first-order valence-electron chi connectivity index (χ1n) is 6.43. The van der Waals surface area contributed by atoms with Gasteiger partial charge in [-0.05, 0) is 39.8 Å². The van der Waals surface area contributed by atoms with Gasteiger partial charge in [-0.1, -0.05) is 37.3 Å². The predicted molar refractivity (Wildman–Crippen MR) is 75.0 cm³/mol. The van der Waals surface area contributed by atoms with E-state index in [9.17, 15) is 0 Å². The molecule has 0 fully saturated rings. The summed E-state index contributed by atoms with van der Waals surface area (Å²) in [5, 5.41) is 0. The third kappa shape index (κ3) is 3.30. The SMILES string of the molecule is CCC(C)(C)N(C)C(C)C(N)c1ccccc1. The molecule has 0 aromatic heterocycles. The second kappa shape index (κ2) is 5.65. The molecule has 0 aliphatic heterocycles. The Morgan fingerprint density at radius 1 is 1.24 bits per heavy atom. The molecule has 96 valence electrons. The Balaban J connectivity index is 2.80. The molecule has 1 aromatic rings. The molecule has 2 N–H and O–H groups in total. The smallest absolute Gasteiger partial charge is 0.0450 e. The highest BCUT2D eigenvalue weighted by molar-refractivity contribution is 5.20. The van der Waals surface area contributed by atoms with E-state index >= 15 is 0 Å². The molecule has 0 amide bonds. The maximum absolute atomic E-state index is 6.35. The van der Waals surface area contributed by atoms with E-state index in [0.29, 0.717) is 6.04 Å². The largest absolute Gasteiger partial charge is 0.323 e. The number of likely N-dealkylation sites (N-methyl/N-ethyl adjacent to an activating group) is 1. The minimum absolute atomic E-state index is 0.0621. The number of rotatable bonds is 5. The summed E-state index contributed by atoms with van der Waals surface area (Å²) in [6.45, 7) is 8.95. The van der Waals surface area contributed by atoms with Crippen molar-refractivity contribution < 1.29 is 0 Å². The summed E-state index contributed by atoms with van der Waals surface area (Å²) in [6, 6.07) is 10.7. The maximum Gasteiger partial charge on any atom is 0.0450 e. The number of nitrogens with zero attached hydrogens (tertiary/aromatic N) is 1. The van der Waals surface area contributed by atoms with Crippen LogP contribution < -0.4 is 5.73 Å². The van der Waals surface area contributed by atoms with E-state index in [1.807, 2.05) is 18.2 Å². The molecular weight excluding hydrogens is 208 g/mol. The lowest BCUT2D eigenvalue weighted by atomic mass is 9.93. The first kappa shape index (κ1) is 14.2. The molecule has 0 aliphatic carbocycles. The fraction of sp³-hybridized carbons (Fsp3) is 0.600. The van der Waals surface area contributed by atoms with E-state index in [1.54, 1.807) is 0 Å². The Bertz CT molecular complexity index is 332. The Kier molecular flexibility index (Phi) is 4.72. The van der Waals surface area contributed by atoms with E-state index in [4.69, 9.17) is 5.73 Å². The van der Waals surface area contributed by atoms with Gasteiger partial charge >= 0.3 is 0 Å². The van der Waals surface area contributed by atoms with Crippen molar-refractivity contribution in [2.75, 3.05) is 7.05 Å². The van der Waals surface area contributed by atoms with Crippen LogP contribution in [0.2, 0.25) is 0 Å². The maximum atomic E-state index is 6.35. The highest BCUT2D eigenvalue weighted by Crippen LogP contribution is 2.25. The molecule has 0 spiro atoms. The molecule has 2 nitrogen and oxygen atoms in total. The van der Waals surface area contributed by atoms with Crippen LogP contribution in [0.5, 0.6) is 0 Å². The average molecular weight is 234 g/mol. The second-order valence-corrected chi connectivity index (χ2v) is 5.45. The van der Waals surface area contributed by atoms with Crippen LogP contribution in [-0.2, 0) is 0 Å². The summed E-state index contributed by atoms with van der Waals surface area (Å²) in [5.74, 6) is 0. The van der Waals surface area contributed by atoms with E-state index in [1.165, 1.54) is 5.56 Å². The molecule has 17 heavy (non-hydrogen) atoms. The van der Waals surface area contributed by atoms with E-state index in [0.717, 1.165) is 6.42 Å². The fourth-order valence-electron chi connectivity index (χ4n) is 2.00. The second-order valence-electron chi connectivity index (χ2n) is 5.45. The summed E-state index contributed by atoms with van der Waals surface area (Å²) in [6.07, 6.45) is 1.12. The lowest BCUT2D eigenvalue weighted by Crippen LogP contribution is -2.49. The van der Waals surface area contributed by atoms with Gasteiger partial charge in [0.05, 0.1) is 0 Å². The van der Waals surface area contributed by atoms with Gasteiger partial charge in [-0.15, -0.1) is 0 Å². The minimum Gasteiger partial charge on any atom is -0.323 e. The van der Waals surface area contributed by atoms with Gasteiger partial charge in [0.15, 0.2) is 0 Å². The topological polar surface area (TPSA) is 29.3 Å². The van der Waals surface area contributed by atoms with Crippen LogP contribution in [0.1, 0.15) is 45.7 Å². The standard InChI is InChI=1S/C15H26N2/c1-6-15(3,4)17(5)12(2)14(16)13-10-8-7-9-11-13/h7-12,14H,6,16H2,1-5H3. The first-order chi connectivity index (χ1) is 7.90. The van der Waals surface area contributed by atoms with Crippen molar-refractivity contribution in [2.45, 2.75) is 51.7 Å². The molecule has 0 saturated heterocycles. The van der Waals surface area contributed by atoms with Crippen LogP contribution in [-0.4, -0.2) is 23.5 Å². The number of hydrogen-bond donors (Lipinski definition) is 1. The van der Waals surface area contributed by atoms with Gasteiger partial charge in [-0.3, -0.25) is 4.90 Å².